The van der Waals surface area contributed by atoms with Crippen LogP contribution in [0.4, 0.5) is 13.2 Å². The van der Waals surface area contributed by atoms with Crippen LogP contribution in [0.15, 0.2) is 46.9 Å². The van der Waals surface area contributed by atoms with Crippen molar-refractivity contribution in [2.24, 2.45) is 7.05 Å². The quantitative estimate of drug-likeness (QED) is 0.600. The molecule has 3 rings (SSSR count). The van der Waals surface area contributed by atoms with Crippen molar-refractivity contribution in [3.05, 3.63) is 63.9 Å². The van der Waals surface area contributed by atoms with Crippen LogP contribution in [0.3, 0.4) is 0 Å². The van der Waals surface area contributed by atoms with Gasteiger partial charge >= 0.3 is 35.7 Å². The minimum Gasteiger partial charge on any atom is -1.00 e. The molecule has 0 aliphatic carbocycles. The van der Waals surface area contributed by atoms with Crippen molar-refractivity contribution in [2.75, 3.05) is 0 Å². The molecule has 0 fully saturated rings. The van der Waals surface area contributed by atoms with Crippen LogP contribution >= 0.6 is 15.9 Å². The van der Waals surface area contributed by atoms with E-state index >= 15 is 0 Å². The molecule has 1 heterocycles. The summed E-state index contributed by atoms with van der Waals surface area (Å²) in [5.74, 6) is 0.734. The van der Waals surface area contributed by atoms with Gasteiger partial charge in [0.2, 0.25) is 0 Å². The molecule has 0 aliphatic heterocycles. The first-order chi connectivity index (χ1) is 10.8. The van der Waals surface area contributed by atoms with Gasteiger partial charge in [0.1, 0.15) is 5.82 Å². The number of imidazole rings is 1. The number of rotatable bonds is 2. The van der Waals surface area contributed by atoms with Crippen LogP contribution in [0, 0.1) is 0 Å². The Morgan fingerprint density at radius 3 is 2.38 bits per heavy atom. The summed E-state index contributed by atoms with van der Waals surface area (Å²) in [5.41, 5.74) is 1.88. The summed E-state index contributed by atoms with van der Waals surface area (Å²) in [6.45, 7) is 0. The summed E-state index contributed by atoms with van der Waals surface area (Å²) in [7, 11) is 1.90. The zero-order valence-electron chi connectivity index (χ0n) is 14.1. The third-order valence-electron chi connectivity index (χ3n) is 3.54. The molecule has 0 bridgehead atoms. The number of fused-ring (bicyclic) bond motifs is 1. The van der Waals surface area contributed by atoms with E-state index < -0.39 is 11.7 Å². The predicted molar refractivity (Wildman–Crippen MR) is 89.9 cm³/mol. The topological polar surface area (TPSA) is 17.8 Å². The molecular weight excluding hydrogens is 392 g/mol. The summed E-state index contributed by atoms with van der Waals surface area (Å²) in [4.78, 5) is 4.50. The standard InChI is InChI=1S/C17H12BrF3N2.Na.H/c1-23-15-10-13(18)7-8-14(15)22-16(23)9-4-11-2-5-12(6-3-11)17(19,20)21;;/h2-10H,1H3;;/q;+1;-1/b9-4+;;. The zero-order valence-corrected chi connectivity index (χ0v) is 16.7. The van der Waals surface area contributed by atoms with E-state index in [9.17, 15) is 13.2 Å². The molecule has 1 aromatic heterocycles. The predicted octanol–water partition coefficient (Wildman–Crippen LogP) is 2.64. The van der Waals surface area contributed by atoms with Crippen LogP contribution in [0.1, 0.15) is 18.4 Å². The largest absolute Gasteiger partial charge is 1.00 e. The molecular formula is C17H13BrF3N2Na. The van der Waals surface area contributed by atoms with Gasteiger partial charge < -0.3 is 5.99 Å². The van der Waals surface area contributed by atoms with Crippen LogP contribution in [-0.4, -0.2) is 9.55 Å². The molecule has 24 heavy (non-hydrogen) atoms. The zero-order chi connectivity index (χ0) is 16.6. The van der Waals surface area contributed by atoms with Crippen LogP contribution in [-0.2, 0) is 13.2 Å². The summed E-state index contributed by atoms with van der Waals surface area (Å²) >= 11 is 3.42. The number of benzene rings is 2. The van der Waals surface area contributed by atoms with E-state index in [1.807, 2.05) is 29.8 Å². The van der Waals surface area contributed by atoms with Gasteiger partial charge in [0.15, 0.2) is 0 Å². The van der Waals surface area contributed by atoms with Crippen molar-refractivity contribution >= 4 is 39.1 Å². The van der Waals surface area contributed by atoms with Gasteiger partial charge in [0, 0.05) is 11.5 Å². The van der Waals surface area contributed by atoms with E-state index in [0.717, 1.165) is 33.5 Å². The van der Waals surface area contributed by atoms with Gasteiger partial charge in [-0.1, -0.05) is 34.1 Å². The second kappa shape index (κ2) is 7.44. The molecule has 120 valence electrons. The van der Waals surface area contributed by atoms with Gasteiger partial charge in [0.25, 0.3) is 0 Å². The molecule has 3 aromatic rings. The fourth-order valence-electron chi connectivity index (χ4n) is 2.28. The van der Waals surface area contributed by atoms with E-state index in [0.29, 0.717) is 5.56 Å². The molecule has 0 atom stereocenters. The Hall–Kier alpha value is -1.08. The van der Waals surface area contributed by atoms with Crippen molar-refractivity contribution in [1.29, 1.82) is 0 Å². The molecule has 2 nitrogen and oxygen atoms in total. The Balaban J connectivity index is 0.00000156. The van der Waals surface area contributed by atoms with Gasteiger partial charge in [0.05, 0.1) is 16.6 Å². The fraction of sp³-hybridized carbons (Fsp3) is 0.118. The maximum Gasteiger partial charge on any atom is 1.00 e. The Morgan fingerprint density at radius 2 is 1.75 bits per heavy atom. The average molecular weight is 405 g/mol. The number of alkyl halides is 3. The van der Waals surface area contributed by atoms with Crippen molar-refractivity contribution in [3.63, 3.8) is 0 Å². The van der Waals surface area contributed by atoms with Crippen molar-refractivity contribution in [1.82, 2.24) is 9.55 Å². The van der Waals surface area contributed by atoms with Crippen molar-refractivity contribution in [3.8, 4) is 0 Å². The third-order valence-corrected chi connectivity index (χ3v) is 4.03. The fourth-order valence-corrected chi connectivity index (χ4v) is 2.63. The first-order valence-corrected chi connectivity index (χ1v) is 7.61. The number of hydrogen-bond acceptors (Lipinski definition) is 1. The van der Waals surface area contributed by atoms with E-state index in [1.54, 1.807) is 12.2 Å². The van der Waals surface area contributed by atoms with E-state index in [1.165, 1.54) is 12.1 Å². The third kappa shape index (κ3) is 4.11. The van der Waals surface area contributed by atoms with E-state index in [2.05, 4.69) is 20.9 Å². The van der Waals surface area contributed by atoms with Crippen molar-refractivity contribution < 1.29 is 44.2 Å². The summed E-state index contributed by atoms with van der Waals surface area (Å²) in [6.07, 6.45) is -0.778. The first-order valence-electron chi connectivity index (χ1n) is 6.82. The van der Waals surface area contributed by atoms with Gasteiger partial charge in [-0.2, -0.15) is 13.2 Å². The molecule has 0 saturated heterocycles. The maximum absolute atomic E-state index is 12.5. The summed E-state index contributed by atoms with van der Waals surface area (Å²) < 4.78 is 40.5. The molecule has 7 heteroatoms. The molecule has 0 amide bonds. The van der Waals surface area contributed by atoms with Gasteiger partial charge in [-0.05, 0) is 42.0 Å². The average Bonchev–Trinajstić information content (AvgIpc) is 2.81. The Morgan fingerprint density at radius 1 is 1.08 bits per heavy atom. The molecule has 0 spiro atoms. The Bertz CT molecular complexity index is 889. The number of aryl methyl sites for hydroxylation is 1. The van der Waals surface area contributed by atoms with Crippen LogP contribution in [0.2, 0.25) is 0 Å². The Kier molecular flexibility index (Phi) is 5.96. The minimum absolute atomic E-state index is 0. The number of nitrogens with zero attached hydrogens (tertiary/aromatic N) is 2. The molecule has 2 aromatic carbocycles. The summed E-state index contributed by atoms with van der Waals surface area (Å²) in [6, 6.07) is 10.8. The maximum atomic E-state index is 12.5. The molecule has 0 N–H and O–H groups in total. The summed E-state index contributed by atoms with van der Waals surface area (Å²) in [5, 5.41) is 0. The molecule has 0 saturated carbocycles. The molecule has 0 radical (unpaired) electrons. The second-order valence-corrected chi connectivity index (χ2v) is 6.03. The normalized spacial score (nSPS) is 11.9. The smallest absolute Gasteiger partial charge is 1.00 e. The molecule has 0 unspecified atom stereocenters. The number of aromatic nitrogens is 2. The van der Waals surface area contributed by atoms with Gasteiger partial charge in [-0.3, -0.25) is 0 Å². The van der Waals surface area contributed by atoms with Crippen LogP contribution < -0.4 is 29.6 Å². The first kappa shape index (κ1) is 19.2. The van der Waals surface area contributed by atoms with E-state index in [4.69, 9.17) is 0 Å². The van der Waals surface area contributed by atoms with Gasteiger partial charge in [-0.25, -0.2) is 4.98 Å². The monoisotopic (exact) mass is 404 g/mol. The minimum atomic E-state index is -4.31. The van der Waals surface area contributed by atoms with Crippen molar-refractivity contribution in [2.45, 2.75) is 6.18 Å². The SMILES string of the molecule is Cn1c(/C=C/c2ccc(C(F)(F)F)cc2)nc2ccc(Br)cc21.[H-].[Na+]. The number of halogens is 4. The van der Waals surface area contributed by atoms with Gasteiger partial charge in [-0.15, -0.1) is 0 Å². The van der Waals surface area contributed by atoms with Crippen LogP contribution in [0.25, 0.3) is 23.2 Å². The molecule has 0 aliphatic rings. The van der Waals surface area contributed by atoms with E-state index in [-0.39, 0.29) is 31.0 Å². The Labute approximate surface area is 169 Å². The number of hydrogen-bond donors (Lipinski definition) is 0. The second-order valence-electron chi connectivity index (χ2n) is 5.12. The van der Waals surface area contributed by atoms with Crippen LogP contribution in [0.5, 0.6) is 0 Å².